The highest BCUT2D eigenvalue weighted by Crippen LogP contribution is 2.24. The number of benzene rings is 1. The second-order valence-corrected chi connectivity index (χ2v) is 3.17. The highest BCUT2D eigenvalue weighted by Gasteiger charge is 2.15. The maximum Gasteiger partial charge on any atom is 0.310 e. The minimum atomic E-state index is -0.513. The maximum absolute atomic E-state index is 11.1. The number of rotatable bonds is 3. The minimum absolute atomic E-state index is 0.0980. The van der Waals surface area contributed by atoms with Gasteiger partial charge in [0.2, 0.25) is 0 Å². The van der Waals surface area contributed by atoms with Crippen LogP contribution in [-0.4, -0.2) is 18.2 Å². The molecule has 5 nitrogen and oxygen atoms in total. The summed E-state index contributed by atoms with van der Waals surface area (Å²) < 4.78 is 4.49. The fourth-order valence-electron chi connectivity index (χ4n) is 1.39. The number of phenolic OH excluding ortho intramolecular Hbond substituents is 1. The second-order valence-electron chi connectivity index (χ2n) is 3.17. The number of methoxy groups -OCH3 is 1. The van der Waals surface area contributed by atoms with Crippen molar-refractivity contribution in [1.29, 1.82) is 5.26 Å². The summed E-state index contributed by atoms with van der Waals surface area (Å²) in [5, 5.41) is 18.6. The van der Waals surface area contributed by atoms with Gasteiger partial charge in [-0.3, -0.25) is 4.79 Å². The Balaban J connectivity index is 3.25. The van der Waals surface area contributed by atoms with Crippen molar-refractivity contribution in [3.05, 3.63) is 28.8 Å². The van der Waals surface area contributed by atoms with Gasteiger partial charge in [-0.15, -0.1) is 0 Å². The Bertz CT molecular complexity index is 449. The van der Waals surface area contributed by atoms with E-state index < -0.39 is 5.97 Å². The molecule has 0 aromatic heterocycles. The summed E-state index contributed by atoms with van der Waals surface area (Å²) in [6, 6.07) is 4.92. The van der Waals surface area contributed by atoms with Crippen LogP contribution in [-0.2, 0) is 22.5 Å². The van der Waals surface area contributed by atoms with Crippen molar-refractivity contribution >= 4 is 5.97 Å². The number of nitrogens with zero attached hydrogens (tertiary/aromatic N) is 1. The molecule has 0 aliphatic carbocycles. The van der Waals surface area contributed by atoms with E-state index in [0.29, 0.717) is 5.56 Å². The van der Waals surface area contributed by atoms with E-state index in [-0.39, 0.29) is 29.8 Å². The summed E-state index contributed by atoms with van der Waals surface area (Å²) in [6.45, 7) is 0.178. The third kappa shape index (κ3) is 2.30. The molecular weight excluding hydrogens is 208 g/mol. The molecule has 0 bridgehead atoms. The Labute approximate surface area is 93.1 Å². The molecule has 3 N–H and O–H groups in total. The molecule has 0 saturated carbocycles. The van der Waals surface area contributed by atoms with E-state index in [1.807, 2.05) is 6.07 Å². The van der Waals surface area contributed by atoms with Crippen LogP contribution in [0.3, 0.4) is 0 Å². The average Bonchev–Trinajstić information content (AvgIpc) is 2.31. The molecule has 0 amide bonds. The smallest absolute Gasteiger partial charge is 0.310 e. The number of carbonyl (C=O) groups excluding carboxylic acids is 1. The number of hydrogen-bond donors (Lipinski definition) is 2. The van der Waals surface area contributed by atoms with Crippen molar-refractivity contribution in [2.24, 2.45) is 5.73 Å². The van der Waals surface area contributed by atoms with E-state index in [0.717, 1.165) is 0 Å². The minimum Gasteiger partial charge on any atom is -0.508 e. The fourth-order valence-corrected chi connectivity index (χ4v) is 1.39. The van der Waals surface area contributed by atoms with E-state index in [2.05, 4.69) is 4.74 Å². The molecule has 0 radical (unpaired) electrons. The molecule has 84 valence electrons. The van der Waals surface area contributed by atoms with Crippen molar-refractivity contribution in [2.75, 3.05) is 7.11 Å². The van der Waals surface area contributed by atoms with E-state index >= 15 is 0 Å². The lowest BCUT2D eigenvalue weighted by molar-refractivity contribution is -0.139. The maximum atomic E-state index is 11.1. The molecular formula is C11H12N2O3. The number of hydrogen-bond acceptors (Lipinski definition) is 5. The van der Waals surface area contributed by atoms with Gasteiger partial charge in [-0.25, -0.2) is 0 Å². The summed E-state index contributed by atoms with van der Waals surface area (Å²) in [5.41, 5.74) is 6.56. The Morgan fingerprint density at radius 1 is 1.62 bits per heavy atom. The van der Waals surface area contributed by atoms with E-state index in [4.69, 9.17) is 11.0 Å². The Morgan fingerprint density at radius 3 is 2.81 bits per heavy atom. The molecule has 0 fully saturated rings. The second kappa shape index (κ2) is 5.14. The first-order valence-electron chi connectivity index (χ1n) is 4.64. The molecule has 0 spiro atoms. The molecule has 0 aliphatic heterocycles. The van der Waals surface area contributed by atoms with Crippen LogP contribution in [0.15, 0.2) is 12.1 Å². The van der Waals surface area contributed by atoms with Gasteiger partial charge in [0, 0.05) is 12.1 Å². The van der Waals surface area contributed by atoms with Gasteiger partial charge in [-0.2, -0.15) is 5.26 Å². The third-order valence-electron chi connectivity index (χ3n) is 2.25. The van der Waals surface area contributed by atoms with E-state index in [1.54, 1.807) is 6.07 Å². The standard InChI is InChI=1S/C11H12N2O3/c1-16-11(15)4-8-9(6-13)7(5-12)2-3-10(8)14/h2-3,14H,4-5,12H2,1H3. The monoisotopic (exact) mass is 220 g/mol. The first-order chi connectivity index (χ1) is 7.63. The zero-order chi connectivity index (χ0) is 12.1. The lowest BCUT2D eigenvalue weighted by Crippen LogP contribution is -2.09. The normalized spacial score (nSPS) is 9.56. The number of nitriles is 1. The summed E-state index contributed by atoms with van der Waals surface area (Å²) in [6.07, 6.45) is -0.140. The van der Waals surface area contributed by atoms with Crippen molar-refractivity contribution in [1.82, 2.24) is 0 Å². The molecule has 0 heterocycles. The molecule has 0 unspecified atom stereocenters. The van der Waals surface area contributed by atoms with Gasteiger partial charge in [0.15, 0.2) is 0 Å². The molecule has 5 heteroatoms. The van der Waals surface area contributed by atoms with Crippen LogP contribution >= 0.6 is 0 Å². The van der Waals surface area contributed by atoms with Gasteiger partial charge in [0.1, 0.15) is 5.75 Å². The van der Waals surface area contributed by atoms with E-state index in [9.17, 15) is 9.90 Å². The third-order valence-corrected chi connectivity index (χ3v) is 2.25. The number of phenols is 1. The van der Waals surface area contributed by atoms with Crippen molar-refractivity contribution < 1.29 is 14.6 Å². The lowest BCUT2D eigenvalue weighted by Gasteiger charge is -2.09. The number of nitrogens with two attached hydrogens (primary N) is 1. The Kier molecular flexibility index (Phi) is 3.86. The summed E-state index contributed by atoms with van der Waals surface area (Å²) in [4.78, 5) is 11.1. The van der Waals surface area contributed by atoms with Gasteiger partial charge >= 0.3 is 5.97 Å². The van der Waals surface area contributed by atoms with Gasteiger partial charge < -0.3 is 15.6 Å². The first-order valence-corrected chi connectivity index (χ1v) is 4.64. The van der Waals surface area contributed by atoms with Crippen LogP contribution < -0.4 is 5.73 Å². The Morgan fingerprint density at radius 2 is 2.31 bits per heavy atom. The summed E-state index contributed by atoms with van der Waals surface area (Å²) in [5.74, 6) is -0.611. The quantitative estimate of drug-likeness (QED) is 0.720. The van der Waals surface area contributed by atoms with Crippen LogP contribution in [0.2, 0.25) is 0 Å². The summed E-state index contributed by atoms with van der Waals surface area (Å²) >= 11 is 0. The highest BCUT2D eigenvalue weighted by atomic mass is 16.5. The van der Waals surface area contributed by atoms with Gasteiger partial charge in [0.05, 0.1) is 25.2 Å². The van der Waals surface area contributed by atoms with Crippen LogP contribution in [0.5, 0.6) is 5.75 Å². The van der Waals surface area contributed by atoms with Crippen LogP contribution in [0, 0.1) is 11.3 Å². The topological polar surface area (TPSA) is 96.3 Å². The van der Waals surface area contributed by atoms with Gasteiger partial charge in [0.25, 0.3) is 0 Å². The van der Waals surface area contributed by atoms with Crippen LogP contribution in [0.25, 0.3) is 0 Å². The molecule has 1 aromatic carbocycles. The zero-order valence-electron chi connectivity index (χ0n) is 8.86. The molecule has 0 saturated heterocycles. The molecule has 0 aliphatic rings. The zero-order valence-corrected chi connectivity index (χ0v) is 8.86. The molecule has 0 atom stereocenters. The van der Waals surface area contributed by atoms with Crippen LogP contribution in [0.4, 0.5) is 0 Å². The molecule has 16 heavy (non-hydrogen) atoms. The first kappa shape index (κ1) is 12.0. The summed E-state index contributed by atoms with van der Waals surface area (Å²) in [7, 11) is 1.25. The fraction of sp³-hybridized carbons (Fsp3) is 0.273. The Hall–Kier alpha value is -2.06. The number of aromatic hydroxyl groups is 1. The highest BCUT2D eigenvalue weighted by molar-refractivity contribution is 5.75. The predicted molar refractivity (Wildman–Crippen MR) is 56.4 cm³/mol. The number of esters is 1. The van der Waals surface area contributed by atoms with Gasteiger partial charge in [-0.05, 0) is 11.6 Å². The SMILES string of the molecule is COC(=O)Cc1c(O)ccc(CN)c1C#N. The molecule has 1 aromatic rings. The average molecular weight is 220 g/mol. The lowest BCUT2D eigenvalue weighted by atomic mass is 9.98. The van der Waals surface area contributed by atoms with Gasteiger partial charge in [-0.1, -0.05) is 6.07 Å². The predicted octanol–water partition coefficient (Wildman–Crippen LogP) is 0.438. The van der Waals surface area contributed by atoms with E-state index in [1.165, 1.54) is 13.2 Å². The van der Waals surface area contributed by atoms with Crippen molar-refractivity contribution in [3.8, 4) is 11.8 Å². The van der Waals surface area contributed by atoms with Crippen molar-refractivity contribution in [2.45, 2.75) is 13.0 Å². The van der Waals surface area contributed by atoms with Crippen LogP contribution in [0.1, 0.15) is 16.7 Å². The number of ether oxygens (including phenoxy) is 1. The van der Waals surface area contributed by atoms with Crippen molar-refractivity contribution in [3.63, 3.8) is 0 Å². The largest absolute Gasteiger partial charge is 0.508 e. The molecule has 1 rings (SSSR count). The number of carbonyl (C=O) groups is 1.